The first-order valence-electron chi connectivity index (χ1n) is 9.58. The molecule has 2 aromatic carbocycles. The van der Waals surface area contributed by atoms with E-state index in [1.807, 2.05) is 24.3 Å². The predicted octanol–water partition coefficient (Wildman–Crippen LogP) is 2.25. The van der Waals surface area contributed by atoms with Gasteiger partial charge in [-0.1, -0.05) is 48.5 Å². The van der Waals surface area contributed by atoms with E-state index in [0.717, 1.165) is 11.1 Å². The molecule has 0 fully saturated rings. The third kappa shape index (κ3) is 4.93. The summed E-state index contributed by atoms with van der Waals surface area (Å²) in [4.78, 5) is 36.0. The standard InChI is InChI=1S/C22H25N3O4/c1-25(13-12-24-21(27)11-10-20(23)26)22(28)29-14-19-17-8-4-2-6-15(17)16-7-3-5-9-18(16)19/h2-9,19H,10-14H2,1H3,(H2,23,26)(H,24,27). The number of benzene rings is 2. The van der Waals surface area contributed by atoms with Crippen LogP contribution >= 0.6 is 0 Å². The highest BCUT2D eigenvalue weighted by atomic mass is 16.6. The number of likely N-dealkylation sites (N-methyl/N-ethyl adjacent to an activating group) is 1. The Morgan fingerprint density at radius 3 is 2.17 bits per heavy atom. The molecule has 0 saturated carbocycles. The largest absolute Gasteiger partial charge is 0.448 e. The Morgan fingerprint density at radius 1 is 1.00 bits per heavy atom. The third-order valence-corrected chi connectivity index (χ3v) is 5.02. The van der Waals surface area contributed by atoms with E-state index in [4.69, 9.17) is 10.5 Å². The number of primary amides is 1. The molecule has 152 valence electrons. The Bertz CT molecular complexity index is 867. The molecule has 2 aromatic rings. The van der Waals surface area contributed by atoms with Gasteiger partial charge < -0.3 is 20.7 Å². The van der Waals surface area contributed by atoms with Crippen LogP contribution in [-0.4, -0.2) is 49.6 Å². The highest BCUT2D eigenvalue weighted by Gasteiger charge is 2.29. The van der Waals surface area contributed by atoms with Crippen molar-refractivity contribution in [3.05, 3.63) is 59.7 Å². The Hall–Kier alpha value is -3.35. The van der Waals surface area contributed by atoms with E-state index in [0.29, 0.717) is 6.54 Å². The van der Waals surface area contributed by atoms with Crippen molar-refractivity contribution in [1.29, 1.82) is 0 Å². The zero-order valence-corrected chi connectivity index (χ0v) is 16.4. The first kappa shape index (κ1) is 20.4. The molecule has 29 heavy (non-hydrogen) atoms. The minimum absolute atomic E-state index is 0.00764. The van der Waals surface area contributed by atoms with Crippen molar-refractivity contribution in [2.75, 3.05) is 26.7 Å². The molecular formula is C22H25N3O4. The molecule has 3 N–H and O–H groups in total. The molecule has 0 aromatic heterocycles. The quantitative estimate of drug-likeness (QED) is 0.716. The molecule has 7 heteroatoms. The van der Waals surface area contributed by atoms with Gasteiger partial charge in [0.05, 0.1) is 0 Å². The van der Waals surface area contributed by atoms with Gasteiger partial charge in [0.1, 0.15) is 6.61 Å². The van der Waals surface area contributed by atoms with Crippen LogP contribution in [0.2, 0.25) is 0 Å². The molecule has 1 aliphatic rings. The summed E-state index contributed by atoms with van der Waals surface area (Å²) in [7, 11) is 1.62. The number of fused-ring (bicyclic) bond motifs is 3. The van der Waals surface area contributed by atoms with E-state index in [1.54, 1.807) is 7.05 Å². The summed E-state index contributed by atoms with van der Waals surface area (Å²) in [6.45, 7) is 0.833. The normalized spacial score (nSPS) is 12.0. The van der Waals surface area contributed by atoms with Crippen molar-refractivity contribution in [2.45, 2.75) is 18.8 Å². The third-order valence-electron chi connectivity index (χ3n) is 5.02. The fourth-order valence-electron chi connectivity index (χ4n) is 3.48. The van der Waals surface area contributed by atoms with Gasteiger partial charge in [-0.3, -0.25) is 9.59 Å². The van der Waals surface area contributed by atoms with Gasteiger partial charge in [-0.15, -0.1) is 0 Å². The van der Waals surface area contributed by atoms with Gasteiger partial charge in [0, 0.05) is 38.9 Å². The van der Waals surface area contributed by atoms with E-state index in [2.05, 4.69) is 29.6 Å². The van der Waals surface area contributed by atoms with Crippen LogP contribution in [0.1, 0.15) is 29.9 Å². The highest BCUT2D eigenvalue weighted by Crippen LogP contribution is 2.44. The molecular weight excluding hydrogens is 370 g/mol. The van der Waals surface area contributed by atoms with Crippen LogP contribution in [0.3, 0.4) is 0 Å². The zero-order chi connectivity index (χ0) is 20.8. The molecule has 0 unspecified atom stereocenters. The summed E-state index contributed by atoms with van der Waals surface area (Å²) in [5, 5.41) is 2.65. The lowest BCUT2D eigenvalue weighted by Crippen LogP contribution is -2.37. The van der Waals surface area contributed by atoms with Crippen molar-refractivity contribution in [1.82, 2.24) is 10.2 Å². The Balaban J connectivity index is 1.50. The molecule has 3 amide bonds. The van der Waals surface area contributed by atoms with Crippen molar-refractivity contribution in [2.24, 2.45) is 5.73 Å². The van der Waals surface area contributed by atoms with Crippen molar-refractivity contribution in [3.8, 4) is 11.1 Å². The average molecular weight is 395 g/mol. The monoisotopic (exact) mass is 395 g/mol. The van der Waals surface area contributed by atoms with Crippen LogP contribution in [-0.2, 0) is 14.3 Å². The summed E-state index contributed by atoms with van der Waals surface area (Å²) in [5.74, 6) is -0.783. The predicted molar refractivity (Wildman–Crippen MR) is 109 cm³/mol. The maximum Gasteiger partial charge on any atom is 0.409 e. The van der Waals surface area contributed by atoms with Crippen molar-refractivity contribution >= 4 is 17.9 Å². The first-order valence-corrected chi connectivity index (χ1v) is 9.58. The van der Waals surface area contributed by atoms with Crippen LogP contribution in [0.4, 0.5) is 4.79 Å². The zero-order valence-electron chi connectivity index (χ0n) is 16.4. The van der Waals surface area contributed by atoms with E-state index < -0.39 is 12.0 Å². The van der Waals surface area contributed by atoms with Crippen LogP contribution in [0.15, 0.2) is 48.5 Å². The average Bonchev–Trinajstić information content (AvgIpc) is 3.04. The number of nitrogens with one attached hydrogen (secondary N) is 1. The molecule has 0 atom stereocenters. The Labute approximate surface area is 169 Å². The number of amides is 3. The number of carbonyl (C=O) groups is 3. The van der Waals surface area contributed by atoms with E-state index in [1.165, 1.54) is 16.0 Å². The van der Waals surface area contributed by atoms with E-state index in [-0.39, 0.29) is 37.8 Å². The molecule has 0 bridgehead atoms. The molecule has 0 radical (unpaired) electrons. The van der Waals surface area contributed by atoms with Crippen molar-refractivity contribution < 1.29 is 19.1 Å². The second-order valence-electron chi connectivity index (χ2n) is 7.04. The smallest absolute Gasteiger partial charge is 0.409 e. The maximum atomic E-state index is 12.3. The number of rotatable bonds is 8. The van der Waals surface area contributed by atoms with Gasteiger partial charge in [-0.25, -0.2) is 4.79 Å². The molecule has 0 spiro atoms. The van der Waals surface area contributed by atoms with Gasteiger partial charge in [-0.05, 0) is 22.3 Å². The number of hydrogen-bond donors (Lipinski definition) is 2. The lowest BCUT2D eigenvalue weighted by molar-refractivity contribution is -0.125. The Morgan fingerprint density at radius 2 is 1.59 bits per heavy atom. The molecule has 0 heterocycles. The summed E-state index contributed by atoms with van der Waals surface area (Å²) in [6.07, 6.45) is -0.392. The van der Waals surface area contributed by atoms with Crippen LogP contribution in [0.5, 0.6) is 0 Å². The first-order chi connectivity index (χ1) is 14.0. The summed E-state index contributed by atoms with van der Waals surface area (Å²) in [5.41, 5.74) is 9.68. The van der Waals surface area contributed by atoms with Crippen LogP contribution < -0.4 is 11.1 Å². The molecule has 3 rings (SSSR count). The summed E-state index contributed by atoms with van der Waals surface area (Å²) in [6, 6.07) is 16.3. The summed E-state index contributed by atoms with van der Waals surface area (Å²) >= 11 is 0. The van der Waals surface area contributed by atoms with Gasteiger partial charge in [0.2, 0.25) is 11.8 Å². The van der Waals surface area contributed by atoms with Crippen molar-refractivity contribution in [3.63, 3.8) is 0 Å². The van der Waals surface area contributed by atoms with Crippen LogP contribution in [0, 0.1) is 0 Å². The highest BCUT2D eigenvalue weighted by molar-refractivity contribution is 5.82. The van der Waals surface area contributed by atoms with Gasteiger partial charge in [0.15, 0.2) is 0 Å². The molecule has 1 aliphatic carbocycles. The Kier molecular flexibility index (Phi) is 6.49. The van der Waals surface area contributed by atoms with E-state index in [9.17, 15) is 14.4 Å². The minimum Gasteiger partial charge on any atom is -0.448 e. The number of ether oxygens (including phenoxy) is 1. The molecule has 0 saturated heterocycles. The van der Waals surface area contributed by atoms with E-state index >= 15 is 0 Å². The second-order valence-corrected chi connectivity index (χ2v) is 7.04. The molecule has 7 nitrogen and oxygen atoms in total. The number of hydrogen-bond acceptors (Lipinski definition) is 4. The lowest BCUT2D eigenvalue weighted by atomic mass is 9.98. The fraction of sp³-hybridized carbons (Fsp3) is 0.318. The number of nitrogens with zero attached hydrogens (tertiary/aromatic N) is 1. The van der Waals surface area contributed by atoms with Gasteiger partial charge >= 0.3 is 6.09 Å². The lowest BCUT2D eigenvalue weighted by Gasteiger charge is -2.20. The SMILES string of the molecule is CN(CCNC(=O)CCC(N)=O)C(=O)OCC1c2ccccc2-c2ccccc21. The number of carbonyl (C=O) groups excluding carboxylic acids is 3. The summed E-state index contributed by atoms with van der Waals surface area (Å²) < 4.78 is 5.55. The topological polar surface area (TPSA) is 102 Å². The molecule has 0 aliphatic heterocycles. The van der Waals surface area contributed by atoms with Gasteiger partial charge in [0.25, 0.3) is 0 Å². The fourth-order valence-corrected chi connectivity index (χ4v) is 3.48. The second kappa shape index (κ2) is 9.23. The number of nitrogens with two attached hydrogens (primary N) is 1. The van der Waals surface area contributed by atoms with Crippen LogP contribution in [0.25, 0.3) is 11.1 Å². The minimum atomic E-state index is -0.518. The van der Waals surface area contributed by atoms with Gasteiger partial charge in [-0.2, -0.15) is 0 Å². The maximum absolute atomic E-state index is 12.3.